The second-order valence-electron chi connectivity index (χ2n) is 6.44. The van der Waals surface area contributed by atoms with Gasteiger partial charge in [-0.15, -0.1) is 0 Å². The Labute approximate surface area is 175 Å². The molecule has 0 aliphatic carbocycles. The number of hydrogen-bond acceptors (Lipinski definition) is 5. The Morgan fingerprint density at radius 3 is 2.79 bits per heavy atom. The summed E-state index contributed by atoms with van der Waals surface area (Å²) in [5.41, 5.74) is 3.99. The van der Waals surface area contributed by atoms with E-state index < -0.39 is 0 Å². The van der Waals surface area contributed by atoms with E-state index in [2.05, 4.69) is 32.6 Å². The zero-order valence-electron chi connectivity index (χ0n) is 15.1. The van der Waals surface area contributed by atoms with Gasteiger partial charge in [-0.3, -0.25) is 14.5 Å². The fraction of sp³-hybridized carbons (Fsp3) is 0.158. The Bertz CT molecular complexity index is 1240. The monoisotopic (exact) mass is 429 g/mol. The number of H-pyrrole nitrogens is 1. The maximum absolute atomic E-state index is 12.6. The second-order valence-corrected chi connectivity index (χ2v) is 8.29. The molecule has 0 aliphatic rings. The standard InChI is InChI=1S/C19H16ClN5OS2/c1-10-7-11(2)16-14(8-10)28-18(22-16)21-15(26)9-25-17(23-24-19(25)27)12-3-5-13(20)6-4-12/h3-8H,9H2,1-2H3,(H,24,27)(H,21,22,26). The lowest BCUT2D eigenvalue weighted by Gasteiger charge is -2.06. The number of carbonyl (C=O) groups excluding carboxylic acids is 1. The molecule has 0 saturated heterocycles. The molecule has 2 heterocycles. The first-order valence-electron chi connectivity index (χ1n) is 8.49. The van der Waals surface area contributed by atoms with Crippen LogP contribution in [0.1, 0.15) is 11.1 Å². The van der Waals surface area contributed by atoms with E-state index in [0.717, 1.165) is 21.3 Å². The number of benzene rings is 2. The number of nitrogens with zero attached hydrogens (tertiary/aromatic N) is 3. The van der Waals surface area contributed by atoms with Crippen molar-refractivity contribution in [3.63, 3.8) is 0 Å². The number of aromatic amines is 1. The third-order valence-corrected chi connectivity index (χ3v) is 5.72. The van der Waals surface area contributed by atoms with Crippen LogP contribution in [0.4, 0.5) is 5.13 Å². The van der Waals surface area contributed by atoms with Gasteiger partial charge in [-0.2, -0.15) is 5.10 Å². The van der Waals surface area contributed by atoms with Gasteiger partial charge in [-0.1, -0.05) is 29.0 Å². The van der Waals surface area contributed by atoms with E-state index in [1.54, 1.807) is 16.7 Å². The molecule has 0 atom stereocenters. The number of carbonyl (C=O) groups is 1. The van der Waals surface area contributed by atoms with E-state index in [9.17, 15) is 4.79 Å². The normalized spacial score (nSPS) is 11.1. The Morgan fingerprint density at radius 2 is 2.04 bits per heavy atom. The maximum Gasteiger partial charge on any atom is 0.246 e. The van der Waals surface area contributed by atoms with E-state index in [4.69, 9.17) is 23.8 Å². The molecule has 0 fully saturated rings. The van der Waals surface area contributed by atoms with Gasteiger partial charge >= 0.3 is 0 Å². The van der Waals surface area contributed by atoms with Crippen molar-refractivity contribution < 1.29 is 4.79 Å². The predicted molar refractivity (Wildman–Crippen MR) is 116 cm³/mol. The zero-order chi connectivity index (χ0) is 19.8. The molecule has 0 unspecified atom stereocenters. The minimum atomic E-state index is -0.221. The highest BCUT2D eigenvalue weighted by Gasteiger charge is 2.14. The molecule has 1 amide bonds. The van der Waals surface area contributed by atoms with E-state index in [1.165, 1.54) is 16.9 Å². The van der Waals surface area contributed by atoms with Crippen molar-refractivity contribution in [1.82, 2.24) is 19.7 Å². The van der Waals surface area contributed by atoms with Gasteiger partial charge in [0, 0.05) is 10.6 Å². The minimum absolute atomic E-state index is 0.0290. The molecule has 0 spiro atoms. The molecular formula is C19H16ClN5OS2. The zero-order valence-corrected chi connectivity index (χ0v) is 17.5. The summed E-state index contributed by atoms with van der Waals surface area (Å²) in [6, 6.07) is 11.4. The minimum Gasteiger partial charge on any atom is -0.300 e. The van der Waals surface area contributed by atoms with Crippen LogP contribution in [-0.4, -0.2) is 25.7 Å². The smallest absolute Gasteiger partial charge is 0.246 e. The number of anilines is 1. The molecule has 2 N–H and O–H groups in total. The molecule has 4 rings (SSSR count). The number of halogens is 1. The first-order valence-corrected chi connectivity index (χ1v) is 10.1. The van der Waals surface area contributed by atoms with Crippen molar-refractivity contribution >= 4 is 56.4 Å². The number of hydrogen-bond donors (Lipinski definition) is 2. The lowest BCUT2D eigenvalue weighted by molar-refractivity contribution is -0.116. The number of amides is 1. The van der Waals surface area contributed by atoms with Crippen molar-refractivity contribution in [1.29, 1.82) is 0 Å². The number of nitrogens with one attached hydrogen (secondary N) is 2. The summed E-state index contributed by atoms with van der Waals surface area (Å²) in [5.74, 6) is 0.355. The Morgan fingerprint density at radius 1 is 1.29 bits per heavy atom. The molecule has 6 nitrogen and oxygen atoms in total. The summed E-state index contributed by atoms with van der Waals surface area (Å²) < 4.78 is 3.07. The third-order valence-electron chi connectivity index (χ3n) is 4.24. The van der Waals surface area contributed by atoms with E-state index >= 15 is 0 Å². The average Bonchev–Trinajstić information content (AvgIpc) is 3.20. The fourth-order valence-corrected chi connectivity index (χ4v) is 4.39. The number of fused-ring (bicyclic) bond motifs is 1. The summed E-state index contributed by atoms with van der Waals surface area (Å²) >= 11 is 12.7. The highest BCUT2D eigenvalue weighted by molar-refractivity contribution is 7.71. The van der Waals surface area contributed by atoms with Crippen LogP contribution in [0.15, 0.2) is 36.4 Å². The van der Waals surface area contributed by atoms with Crippen LogP contribution in [0.25, 0.3) is 21.6 Å². The van der Waals surface area contributed by atoms with Crippen LogP contribution in [-0.2, 0) is 11.3 Å². The number of aromatic nitrogens is 4. The fourth-order valence-electron chi connectivity index (χ4n) is 3.01. The summed E-state index contributed by atoms with van der Waals surface area (Å²) in [6.07, 6.45) is 0. The van der Waals surface area contributed by atoms with E-state index in [-0.39, 0.29) is 12.5 Å². The molecular weight excluding hydrogens is 414 g/mol. The lowest BCUT2D eigenvalue weighted by Crippen LogP contribution is -2.19. The van der Waals surface area contributed by atoms with Gasteiger partial charge in [-0.05, 0) is 67.5 Å². The molecule has 142 valence electrons. The highest BCUT2D eigenvalue weighted by Crippen LogP contribution is 2.29. The van der Waals surface area contributed by atoms with Gasteiger partial charge in [-0.25, -0.2) is 4.98 Å². The van der Waals surface area contributed by atoms with E-state index in [1.807, 2.05) is 26.0 Å². The van der Waals surface area contributed by atoms with Crippen molar-refractivity contribution in [2.45, 2.75) is 20.4 Å². The lowest BCUT2D eigenvalue weighted by atomic mass is 10.1. The molecule has 0 radical (unpaired) electrons. The van der Waals surface area contributed by atoms with Crippen LogP contribution < -0.4 is 5.32 Å². The van der Waals surface area contributed by atoms with Gasteiger partial charge in [0.1, 0.15) is 6.54 Å². The van der Waals surface area contributed by atoms with Crippen LogP contribution >= 0.6 is 35.2 Å². The van der Waals surface area contributed by atoms with Gasteiger partial charge < -0.3 is 5.32 Å². The van der Waals surface area contributed by atoms with Crippen LogP contribution in [0, 0.1) is 18.6 Å². The summed E-state index contributed by atoms with van der Waals surface area (Å²) in [5, 5.41) is 11.1. The van der Waals surface area contributed by atoms with Crippen LogP contribution in [0.3, 0.4) is 0 Å². The Balaban J connectivity index is 1.58. The second kappa shape index (κ2) is 7.46. The van der Waals surface area contributed by atoms with Gasteiger partial charge in [0.25, 0.3) is 0 Å². The van der Waals surface area contributed by atoms with E-state index in [0.29, 0.717) is 20.7 Å². The third kappa shape index (κ3) is 3.71. The summed E-state index contributed by atoms with van der Waals surface area (Å²) in [6.45, 7) is 4.09. The largest absolute Gasteiger partial charge is 0.300 e. The average molecular weight is 430 g/mol. The van der Waals surface area contributed by atoms with Crippen molar-refractivity contribution in [3.05, 3.63) is 57.3 Å². The molecule has 28 heavy (non-hydrogen) atoms. The maximum atomic E-state index is 12.6. The molecule has 0 saturated carbocycles. The first-order chi connectivity index (χ1) is 13.4. The molecule has 0 aliphatic heterocycles. The SMILES string of the molecule is Cc1cc(C)c2nc(NC(=O)Cn3c(-c4ccc(Cl)cc4)n[nH]c3=S)sc2c1. The molecule has 9 heteroatoms. The quantitative estimate of drug-likeness (QED) is 0.441. The highest BCUT2D eigenvalue weighted by atomic mass is 35.5. The van der Waals surface area contributed by atoms with Crippen molar-refractivity contribution in [2.24, 2.45) is 0 Å². The molecule has 4 aromatic rings. The Kier molecular flexibility index (Phi) is 5.01. The summed E-state index contributed by atoms with van der Waals surface area (Å²) in [4.78, 5) is 17.2. The predicted octanol–water partition coefficient (Wildman–Crippen LogP) is 5.13. The molecule has 0 bridgehead atoms. The first kappa shape index (κ1) is 18.8. The van der Waals surface area contributed by atoms with Gasteiger partial charge in [0.15, 0.2) is 15.7 Å². The van der Waals surface area contributed by atoms with Gasteiger partial charge in [0.2, 0.25) is 5.91 Å². The molecule has 2 aromatic heterocycles. The molecule has 2 aromatic carbocycles. The van der Waals surface area contributed by atoms with Crippen LogP contribution in [0.2, 0.25) is 5.02 Å². The topological polar surface area (TPSA) is 75.6 Å². The number of thiazole rings is 1. The number of rotatable bonds is 4. The summed E-state index contributed by atoms with van der Waals surface area (Å²) in [7, 11) is 0. The van der Waals surface area contributed by atoms with Crippen LogP contribution in [0.5, 0.6) is 0 Å². The van der Waals surface area contributed by atoms with Crippen molar-refractivity contribution in [2.75, 3.05) is 5.32 Å². The Hall–Kier alpha value is -2.55. The number of aryl methyl sites for hydroxylation is 2. The van der Waals surface area contributed by atoms with Crippen molar-refractivity contribution in [3.8, 4) is 11.4 Å². The van der Waals surface area contributed by atoms with Gasteiger partial charge in [0.05, 0.1) is 10.2 Å².